The minimum atomic E-state index is -4.24. The zero-order valence-electron chi connectivity index (χ0n) is 10.4. The first kappa shape index (κ1) is 13.4. The first-order valence-electron chi connectivity index (χ1n) is 6.37. The molecule has 0 saturated carbocycles. The maximum absolute atomic E-state index is 12.4. The zero-order valence-corrected chi connectivity index (χ0v) is 10.4. The standard InChI is InChI=1S/C14H18F3N/c1-10(9-13-3-2-8-18-13)11-4-6-12(7-5-11)14(15,16)17/h4-7,10,13,18H,2-3,8-9H2,1H3. The maximum Gasteiger partial charge on any atom is 0.416 e. The highest BCUT2D eigenvalue weighted by Crippen LogP contribution is 2.31. The lowest BCUT2D eigenvalue weighted by molar-refractivity contribution is -0.137. The van der Waals surface area contributed by atoms with E-state index < -0.39 is 11.7 Å². The van der Waals surface area contributed by atoms with Crippen molar-refractivity contribution in [1.29, 1.82) is 0 Å². The molecule has 1 nitrogen and oxygen atoms in total. The van der Waals surface area contributed by atoms with Crippen LogP contribution in [-0.4, -0.2) is 12.6 Å². The molecule has 1 aromatic carbocycles. The van der Waals surface area contributed by atoms with Crippen LogP contribution in [0.15, 0.2) is 24.3 Å². The number of halogens is 3. The summed E-state index contributed by atoms with van der Waals surface area (Å²) >= 11 is 0. The van der Waals surface area contributed by atoms with Gasteiger partial charge in [0.1, 0.15) is 0 Å². The van der Waals surface area contributed by atoms with E-state index in [0.29, 0.717) is 12.0 Å². The van der Waals surface area contributed by atoms with Crippen LogP contribution in [0.2, 0.25) is 0 Å². The van der Waals surface area contributed by atoms with Crippen molar-refractivity contribution in [1.82, 2.24) is 5.32 Å². The van der Waals surface area contributed by atoms with E-state index in [9.17, 15) is 13.2 Å². The van der Waals surface area contributed by atoms with E-state index in [1.54, 1.807) is 12.1 Å². The summed E-state index contributed by atoms with van der Waals surface area (Å²) in [7, 11) is 0. The summed E-state index contributed by atoms with van der Waals surface area (Å²) in [5.74, 6) is 0.294. The molecule has 0 spiro atoms. The topological polar surface area (TPSA) is 12.0 Å². The normalized spacial score (nSPS) is 22.1. The molecule has 1 saturated heterocycles. The molecule has 2 rings (SSSR count). The van der Waals surface area contributed by atoms with Crippen molar-refractivity contribution in [3.05, 3.63) is 35.4 Å². The second-order valence-corrected chi connectivity index (χ2v) is 5.05. The molecule has 4 heteroatoms. The predicted octanol–water partition coefficient (Wildman–Crippen LogP) is 3.95. The quantitative estimate of drug-likeness (QED) is 0.864. The van der Waals surface area contributed by atoms with Crippen LogP contribution < -0.4 is 5.32 Å². The molecule has 2 unspecified atom stereocenters. The van der Waals surface area contributed by atoms with Gasteiger partial charge in [-0.25, -0.2) is 0 Å². The summed E-state index contributed by atoms with van der Waals surface area (Å²) in [6.45, 7) is 3.13. The van der Waals surface area contributed by atoms with Crippen molar-refractivity contribution < 1.29 is 13.2 Å². The van der Waals surface area contributed by atoms with Gasteiger partial charge in [-0.05, 0) is 49.4 Å². The minimum absolute atomic E-state index is 0.294. The Kier molecular flexibility index (Phi) is 3.95. The smallest absolute Gasteiger partial charge is 0.314 e. The Hall–Kier alpha value is -1.03. The van der Waals surface area contributed by atoms with Gasteiger partial charge in [-0.2, -0.15) is 13.2 Å². The molecule has 1 aliphatic rings. The molecule has 1 heterocycles. The van der Waals surface area contributed by atoms with E-state index in [-0.39, 0.29) is 0 Å². The molecule has 1 fully saturated rings. The fraction of sp³-hybridized carbons (Fsp3) is 0.571. The highest BCUT2D eigenvalue weighted by Gasteiger charge is 2.30. The van der Waals surface area contributed by atoms with Crippen LogP contribution >= 0.6 is 0 Å². The number of nitrogens with one attached hydrogen (secondary N) is 1. The largest absolute Gasteiger partial charge is 0.416 e. The number of hydrogen-bond acceptors (Lipinski definition) is 1. The molecule has 0 bridgehead atoms. The monoisotopic (exact) mass is 257 g/mol. The second kappa shape index (κ2) is 5.31. The summed E-state index contributed by atoms with van der Waals surface area (Å²) in [5, 5.41) is 3.41. The zero-order chi connectivity index (χ0) is 13.2. The van der Waals surface area contributed by atoms with Crippen molar-refractivity contribution in [2.75, 3.05) is 6.54 Å². The van der Waals surface area contributed by atoms with Gasteiger partial charge in [-0.3, -0.25) is 0 Å². The van der Waals surface area contributed by atoms with Gasteiger partial charge in [0.2, 0.25) is 0 Å². The summed E-state index contributed by atoms with van der Waals surface area (Å²) in [5.41, 5.74) is 0.411. The van der Waals surface area contributed by atoms with E-state index >= 15 is 0 Å². The van der Waals surface area contributed by atoms with Crippen molar-refractivity contribution in [3.63, 3.8) is 0 Å². The summed E-state index contributed by atoms with van der Waals surface area (Å²) in [6, 6.07) is 6.06. The van der Waals surface area contributed by atoms with Crippen molar-refractivity contribution in [2.45, 2.75) is 44.3 Å². The Bertz CT molecular complexity index is 377. The van der Waals surface area contributed by atoms with E-state index in [2.05, 4.69) is 12.2 Å². The van der Waals surface area contributed by atoms with Crippen LogP contribution in [0, 0.1) is 0 Å². The SMILES string of the molecule is CC(CC1CCCN1)c1ccc(C(F)(F)F)cc1. The molecule has 0 radical (unpaired) electrons. The molecule has 2 atom stereocenters. The van der Waals surface area contributed by atoms with Crippen molar-refractivity contribution in [3.8, 4) is 0 Å². The maximum atomic E-state index is 12.4. The molecule has 0 amide bonds. The first-order chi connectivity index (χ1) is 8.47. The Morgan fingerprint density at radius 3 is 2.44 bits per heavy atom. The van der Waals surface area contributed by atoms with Crippen LogP contribution in [-0.2, 0) is 6.18 Å². The molecule has 100 valence electrons. The lowest BCUT2D eigenvalue weighted by Gasteiger charge is -2.17. The fourth-order valence-electron chi connectivity index (χ4n) is 2.52. The number of benzene rings is 1. The molecule has 0 aliphatic carbocycles. The number of hydrogen-bond donors (Lipinski definition) is 1. The predicted molar refractivity (Wildman–Crippen MR) is 65.5 cm³/mol. The van der Waals surface area contributed by atoms with Crippen LogP contribution in [0.3, 0.4) is 0 Å². The minimum Gasteiger partial charge on any atom is -0.314 e. The Morgan fingerprint density at radius 1 is 1.28 bits per heavy atom. The van der Waals surface area contributed by atoms with Gasteiger partial charge in [-0.15, -0.1) is 0 Å². The Balaban J connectivity index is 2.00. The average Bonchev–Trinajstić information content (AvgIpc) is 2.81. The van der Waals surface area contributed by atoms with Crippen molar-refractivity contribution >= 4 is 0 Å². The third kappa shape index (κ3) is 3.25. The molecule has 1 N–H and O–H groups in total. The molecular weight excluding hydrogens is 239 g/mol. The second-order valence-electron chi connectivity index (χ2n) is 5.05. The summed E-state index contributed by atoms with van der Waals surface area (Å²) in [4.78, 5) is 0. The highest BCUT2D eigenvalue weighted by molar-refractivity contribution is 5.26. The number of alkyl halides is 3. The Morgan fingerprint density at radius 2 is 1.94 bits per heavy atom. The highest BCUT2D eigenvalue weighted by atomic mass is 19.4. The van der Waals surface area contributed by atoms with Crippen LogP contribution in [0.5, 0.6) is 0 Å². The third-order valence-corrected chi connectivity index (χ3v) is 3.61. The average molecular weight is 257 g/mol. The van der Waals surface area contributed by atoms with Gasteiger partial charge in [0.05, 0.1) is 5.56 Å². The van der Waals surface area contributed by atoms with Crippen molar-refractivity contribution in [2.24, 2.45) is 0 Å². The molecule has 1 aromatic rings. The molecule has 0 aromatic heterocycles. The van der Waals surface area contributed by atoms with E-state index in [1.165, 1.54) is 25.0 Å². The van der Waals surface area contributed by atoms with Gasteiger partial charge in [0, 0.05) is 6.04 Å². The molecular formula is C14H18F3N. The van der Waals surface area contributed by atoms with Gasteiger partial charge < -0.3 is 5.32 Å². The molecule has 1 aliphatic heterocycles. The van der Waals surface area contributed by atoms with E-state index in [4.69, 9.17) is 0 Å². The lowest BCUT2D eigenvalue weighted by atomic mass is 9.92. The van der Waals surface area contributed by atoms with Crippen LogP contribution in [0.4, 0.5) is 13.2 Å². The van der Waals surface area contributed by atoms with Gasteiger partial charge >= 0.3 is 6.18 Å². The molecule has 18 heavy (non-hydrogen) atoms. The lowest BCUT2D eigenvalue weighted by Crippen LogP contribution is -2.23. The van der Waals surface area contributed by atoms with Gasteiger partial charge in [0.15, 0.2) is 0 Å². The summed E-state index contributed by atoms with van der Waals surface area (Å²) in [6.07, 6.45) is -0.879. The van der Waals surface area contributed by atoms with Gasteiger partial charge in [0.25, 0.3) is 0 Å². The van der Waals surface area contributed by atoms with Gasteiger partial charge in [-0.1, -0.05) is 19.1 Å². The van der Waals surface area contributed by atoms with Crippen LogP contribution in [0.25, 0.3) is 0 Å². The van der Waals surface area contributed by atoms with E-state index in [1.807, 2.05) is 0 Å². The summed E-state index contributed by atoms with van der Waals surface area (Å²) < 4.78 is 37.3. The van der Waals surface area contributed by atoms with E-state index in [0.717, 1.165) is 18.5 Å². The third-order valence-electron chi connectivity index (χ3n) is 3.61. The van der Waals surface area contributed by atoms with Crippen LogP contribution in [0.1, 0.15) is 43.2 Å². The fourth-order valence-corrected chi connectivity index (χ4v) is 2.52. The number of rotatable bonds is 3. The Labute approximate surface area is 105 Å². The first-order valence-corrected chi connectivity index (χ1v) is 6.37.